The van der Waals surface area contributed by atoms with E-state index in [4.69, 9.17) is 0 Å². The highest BCUT2D eigenvalue weighted by Gasteiger charge is 2.33. The van der Waals surface area contributed by atoms with Gasteiger partial charge in [0.25, 0.3) is 0 Å². The zero-order chi connectivity index (χ0) is 23.7. The zero-order valence-electron chi connectivity index (χ0n) is 17.8. The molecule has 2 heterocycles. The number of nitrogens with one attached hydrogen (secondary N) is 1. The molecule has 1 atom stereocenters. The monoisotopic (exact) mass is 472 g/mol. The number of ether oxygens (including phenoxy) is 2. The molecule has 1 aliphatic heterocycles. The lowest BCUT2D eigenvalue weighted by Gasteiger charge is -2.34. The maximum absolute atomic E-state index is 12.5. The normalized spacial score (nSPS) is 18.6. The minimum absolute atomic E-state index is 0.0872. The van der Waals surface area contributed by atoms with Crippen LogP contribution in [-0.4, -0.2) is 28.0 Å². The number of alkyl halides is 4. The average molecular weight is 472 g/mol. The number of rotatable bonds is 6. The molecule has 0 fully saturated rings. The first-order chi connectivity index (χ1) is 16.5. The molecule has 0 saturated heterocycles. The molecule has 0 spiro atoms. The topological polar surface area (TPSA) is 61.2 Å². The van der Waals surface area contributed by atoms with Crippen molar-refractivity contribution in [3.63, 3.8) is 0 Å². The van der Waals surface area contributed by atoms with E-state index in [9.17, 15) is 17.6 Å². The zero-order valence-corrected chi connectivity index (χ0v) is 17.8. The van der Waals surface area contributed by atoms with Crippen LogP contribution in [0.25, 0.3) is 6.08 Å². The predicted molar refractivity (Wildman–Crippen MR) is 117 cm³/mol. The van der Waals surface area contributed by atoms with Crippen molar-refractivity contribution in [2.75, 3.05) is 5.32 Å². The lowest BCUT2D eigenvalue weighted by atomic mass is 9.83. The summed E-state index contributed by atoms with van der Waals surface area (Å²) in [6.07, 6.45) is 6.03. The van der Waals surface area contributed by atoms with Crippen LogP contribution in [0.2, 0.25) is 0 Å². The molecule has 34 heavy (non-hydrogen) atoms. The Morgan fingerprint density at radius 3 is 2.21 bits per heavy atom. The first-order valence-electron chi connectivity index (χ1n) is 10.7. The molecular weight excluding hydrogens is 452 g/mol. The van der Waals surface area contributed by atoms with Crippen LogP contribution in [0, 0.1) is 0 Å². The van der Waals surface area contributed by atoms with Crippen molar-refractivity contribution in [1.29, 1.82) is 0 Å². The van der Waals surface area contributed by atoms with Gasteiger partial charge in [-0.2, -0.15) is 27.6 Å². The van der Waals surface area contributed by atoms with Crippen LogP contribution < -0.4 is 14.8 Å². The number of hydrogen-bond acceptors (Lipinski definition) is 5. The van der Waals surface area contributed by atoms with E-state index in [1.165, 1.54) is 30.6 Å². The Bertz CT molecular complexity index is 1220. The fraction of sp³-hybridized carbons (Fsp3) is 0.250. The molecule has 176 valence electrons. The van der Waals surface area contributed by atoms with E-state index in [1.807, 2.05) is 6.08 Å². The number of allylic oxidation sites excluding steroid dienone is 2. The first-order valence-corrected chi connectivity index (χ1v) is 10.7. The van der Waals surface area contributed by atoms with Gasteiger partial charge in [-0.3, -0.25) is 0 Å². The molecule has 5 rings (SSSR count). The van der Waals surface area contributed by atoms with Crippen LogP contribution in [-0.2, 0) is 0 Å². The standard InChI is InChI=1S/C24H20F4N4O2/c25-22(26)33-17-8-4-14(5-9-17)12-16-2-1-3-19-20(16)31-24-29-13-30-32(24)21(19)15-6-10-18(11-7-15)34-23(27)28/h4-13,21-23H,1-3H2,(H,29,30,31)/b16-12+/t21-/m1/s1. The summed E-state index contributed by atoms with van der Waals surface area (Å²) < 4.78 is 60.6. The second-order valence-corrected chi connectivity index (χ2v) is 7.87. The highest BCUT2D eigenvalue weighted by Crippen LogP contribution is 2.43. The second kappa shape index (κ2) is 9.20. The van der Waals surface area contributed by atoms with Crippen molar-refractivity contribution < 1.29 is 27.0 Å². The van der Waals surface area contributed by atoms with Crippen molar-refractivity contribution >= 4 is 12.0 Å². The summed E-state index contributed by atoms with van der Waals surface area (Å²) in [7, 11) is 0. The Morgan fingerprint density at radius 1 is 0.912 bits per heavy atom. The SMILES string of the molecule is FC(F)Oc1ccc(/C=C2\CCCC3=C2Nc2ncnn2[C@@H]3c2ccc(OC(F)F)cc2)cc1. The van der Waals surface area contributed by atoms with E-state index in [0.717, 1.165) is 47.2 Å². The number of aromatic nitrogens is 3. The number of fused-ring (bicyclic) bond motifs is 1. The molecule has 0 unspecified atom stereocenters. The maximum atomic E-state index is 12.5. The molecule has 0 bridgehead atoms. The van der Waals surface area contributed by atoms with Gasteiger partial charge in [0.15, 0.2) is 0 Å². The van der Waals surface area contributed by atoms with Crippen molar-refractivity contribution in [1.82, 2.24) is 14.8 Å². The summed E-state index contributed by atoms with van der Waals surface area (Å²) in [6, 6.07) is 12.8. The third kappa shape index (κ3) is 4.48. The van der Waals surface area contributed by atoms with Crippen LogP contribution in [0.5, 0.6) is 11.5 Å². The van der Waals surface area contributed by atoms with E-state index in [0.29, 0.717) is 5.95 Å². The Morgan fingerprint density at radius 2 is 1.56 bits per heavy atom. The van der Waals surface area contributed by atoms with Gasteiger partial charge < -0.3 is 14.8 Å². The van der Waals surface area contributed by atoms with E-state index in [2.05, 4.69) is 24.9 Å². The summed E-state index contributed by atoms with van der Waals surface area (Å²) in [4.78, 5) is 4.33. The van der Waals surface area contributed by atoms with E-state index in [-0.39, 0.29) is 17.5 Å². The van der Waals surface area contributed by atoms with Crippen molar-refractivity contribution in [2.24, 2.45) is 0 Å². The molecule has 0 saturated carbocycles. The van der Waals surface area contributed by atoms with E-state index >= 15 is 0 Å². The Kier molecular flexibility index (Phi) is 5.95. The van der Waals surface area contributed by atoms with E-state index in [1.54, 1.807) is 28.9 Å². The number of anilines is 1. The van der Waals surface area contributed by atoms with Crippen LogP contribution in [0.1, 0.15) is 36.4 Å². The van der Waals surface area contributed by atoms with Gasteiger partial charge in [0.1, 0.15) is 23.9 Å². The summed E-state index contributed by atoms with van der Waals surface area (Å²) in [5.41, 5.74) is 4.83. The molecule has 6 nitrogen and oxygen atoms in total. The Hall–Kier alpha value is -3.82. The summed E-state index contributed by atoms with van der Waals surface area (Å²) in [5.74, 6) is 0.762. The van der Waals surface area contributed by atoms with Gasteiger partial charge in [0.2, 0.25) is 5.95 Å². The van der Waals surface area contributed by atoms with Gasteiger partial charge in [-0.15, -0.1) is 0 Å². The second-order valence-electron chi connectivity index (χ2n) is 7.87. The number of benzene rings is 2. The summed E-state index contributed by atoms with van der Waals surface area (Å²) in [5, 5.41) is 7.76. The lowest BCUT2D eigenvalue weighted by Crippen LogP contribution is -2.28. The van der Waals surface area contributed by atoms with Gasteiger partial charge in [0.05, 0.1) is 0 Å². The molecule has 1 N–H and O–H groups in total. The molecule has 1 aliphatic carbocycles. The smallest absolute Gasteiger partial charge is 0.387 e. The number of nitrogens with zero attached hydrogens (tertiary/aromatic N) is 3. The Labute approximate surface area is 192 Å². The number of halogens is 4. The lowest BCUT2D eigenvalue weighted by molar-refractivity contribution is -0.0505. The quantitative estimate of drug-likeness (QED) is 0.445. The first kappa shape index (κ1) is 22.0. The molecule has 2 aromatic carbocycles. The molecular formula is C24H20F4N4O2. The molecule has 2 aliphatic rings. The van der Waals surface area contributed by atoms with Crippen LogP contribution >= 0.6 is 0 Å². The van der Waals surface area contributed by atoms with Crippen LogP contribution in [0.15, 0.2) is 71.7 Å². The van der Waals surface area contributed by atoms with Gasteiger partial charge in [0, 0.05) is 5.70 Å². The minimum Gasteiger partial charge on any atom is -0.435 e. The highest BCUT2D eigenvalue weighted by molar-refractivity contribution is 5.66. The molecule has 10 heteroatoms. The third-order valence-electron chi connectivity index (χ3n) is 5.79. The fourth-order valence-corrected chi connectivity index (χ4v) is 4.41. The fourth-order valence-electron chi connectivity index (χ4n) is 4.41. The largest absolute Gasteiger partial charge is 0.435 e. The maximum Gasteiger partial charge on any atom is 0.387 e. The number of hydrogen-bond donors (Lipinski definition) is 1. The summed E-state index contributed by atoms with van der Waals surface area (Å²) >= 11 is 0. The average Bonchev–Trinajstić information content (AvgIpc) is 3.27. The van der Waals surface area contributed by atoms with Gasteiger partial charge in [-0.1, -0.05) is 24.3 Å². The molecule has 0 amide bonds. The van der Waals surface area contributed by atoms with Gasteiger partial charge >= 0.3 is 13.2 Å². The molecule has 3 aromatic rings. The van der Waals surface area contributed by atoms with Gasteiger partial charge in [-0.25, -0.2) is 4.68 Å². The van der Waals surface area contributed by atoms with Crippen molar-refractivity contribution in [3.05, 3.63) is 82.8 Å². The van der Waals surface area contributed by atoms with Crippen molar-refractivity contribution in [3.8, 4) is 11.5 Å². The van der Waals surface area contributed by atoms with E-state index < -0.39 is 13.2 Å². The van der Waals surface area contributed by atoms with Crippen LogP contribution in [0.4, 0.5) is 23.5 Å². The predicted octanol–water partition coefficient (Wildman–Crippen LogP) is 6.02. The molecule has 1 aromatic heterocycles. The Balaban J connectivity index is 1.50. The van der Waals surface area contributed by atoms with Gasteiger partial charge in [-0.05, 0) is 71.9 Å². The minimum atomic E-state index is -2.89. The highest BCUT2D eigenvalue weighted by atomic mass is 19.3. The van der Waals surface area contributed by atoms with Crippen molar-refractivity contribution in [2.45, 2.75) is 38.5 Å². The third-order valence-corrected chi connectivity index (χ3v) is 5.79. The molecule has 0 radical (unpaired) electrons. The summed E-state index contributed by atoms with van der Waals surface area (Å²) in [6.45, 7) is -5.75. The van der Waals surface area contributed by atoms with Crippen LogP contribution in [0.3, 0.4) is 0 Å².